The number of halogens is 2. The molecule has 0 nitrogen and oxygen atoms in total. The Kier molecular flexibility index (Phi) is 20.0. The number of rotatable bonds is 0. The Morgan fingerprint density at radius 3 is 1.25 bits per heavy atom. The maximum atomic E-state index is 4.76. The Labute approximate surface area is 54.6 Å². The summed E-state index contributed by atoms with van der Waals surface area (Å²) in [6, 6.07) is 0. The molecule has 0 aliphatic rings. The molecule has 0 rings (SSSR count). The van der Waals surface area contributed by atoms with Crippen LogP contribution in [0.5, 0.6) is 0 Å². The molecule has 0 aromatic rings. The van der Waals surface area contributed by atoms with Gasteiger partial charge in [0.15, 0.2) is 0 Å². The summed E-state index contributed by atoms with van der Waals surface area (Å²) in [4.78, 5) is 0. The summed E-state index contributed by atoms with van der Waals surface area (Å²) in [5.41, 5.74) is 0. The Balaban J connectivity index is 0. The first-order valence-electron chi connectivity index (χ1n) is 0.535. The van der Waals surface area contributed by atoms with Gasteiger partial charge in [0, 0.05) is 26.2 Å². The average Bonchev–Trinajstić information content (AvgIpc) is 0.918. The molecule has 0 saturated heterocycles. The van der Waals surface area contributed by atoms with Crippen molar-refractivity contribution < 1.29 is 26.2 Å². The average molecular weight is 176 g/mol. The minimum atomic E-state index is 0. The third kappa shape index (κ3) is 9.81. The van der Waals surface area contributed by atoms with Gasteiger partial charge in [-0.05, 0) is 0 Å². The first-order valence-corrected chi connectivity index (χ1v) is 1.60. The van der Waals surface area contributed by atoms with Crippen LogP contribution < -0.4 is 0 Å². The zero-order chi connectivity index (χ0) is 2.71. The van der Waals surface area contributed by atoms with Crippen LogP contribution in [-0.4, -0.2) is 5.34 Å². The molecule has 4 heavy (non-hydrogen) atoms. The van der Waals surface area contributed by atoms with Crippen molar-refractivity contribution in [1.29, 1.82) is 0 Å². The van der Waals surface area contributed by atoms with Gasteiger partial charge < -0.3 is 0 Å². The van der Waals surface area contributed by atoms with E-state index in [-0.39, 0.29) is 31.5 Å². The maximum absolute atomic E-state index is 4.76. The van der Waals surface area contributed by atoms with Gasteiger partial charge in [-0.15, -0.1) is 23.2 Å². The minimum absolute atomic E-state index is 0. The predicted molar refractivity (Wildman–Crippen MR) is 16.6 cm³/mol. The van der Waals surface area contributed by atoms with E-state index in [2.05, 4.69) is 0 Å². The zero-order valence-corrected chi connectivity index (χ0v) is 5.93. The molecule has 3 heteroatoms. The normalized spacial score (nSPS) is 4.50. The minimum Gasteiger partial charge on any atom is -0.109 e. The Hall–Kier alpha value is 1.46. The molecule has 0 spiro atoms. The fraction of sp³-hybridized carbons (Fsp3) is 1.00. The summed E-state index contributed by atoms with van der Waals surface area (Å²) in [6.45, 7) is 0. The van der Waals surface area contributed by atoms with Crippen molar-refractivity contribution in [2.45, 2.75) is 0 Å². The summed E-state index contributed by atoms with van der Waals surface area (Å²) < 4.78 is 0. The largest absolute Gasteiger partial charge is 0.109 e. The van der Waals surface area contributed by atoms with Gasteiger partial charge in [0.2, 0.25) is 0 Å². The van der Waals surface area contributed by atoms with E-state index in [0.29, 0.717) is 0 Å². The van der Waals surface area contributed by atoms with Crippen molar-refractivity contribution in [3.05, 3.63) is 0 Å². The second-order valence-corrected chi connectivity index (χ2v) is 0.909. The topological polar surface area (TPSA) is 0 Å². The molecule has 0 aromatic heterocycles. The van der Waals surface area contributed by atoms with Gasteiger partial charge in [-0.1, -0.05) is 0 Å². The van der Waals surface area contributed by atoms with Gasteiger partial charge >= 0.3 is 0 Å². The van der Waals surface area contributed by atoms with E-state index in [1.807, 2.05) is 0 Å². The molecule has 0 aliphatic heterocycles. The van der Waals surface area contributed by atoms with Crippen molar-refractivity contribution in [2.24, 2.45) is 0 Å². The monoisotopic (exact) mass is 174 g/mol. The number of hydrogen-bond acceptors (Lipinski definition) is 0. The predicted octanol–water partition coefficient (Wildman–Crippen LogP) is 1.42. The Bertz CT molecular complexity index is 6.00. The van der Waals surface area contributed by atoms with Gasteiger partial charge in [-0.3, -0.25) is 0 Å². The molecule has 0 aromatic carbocycles. The van der Waals surface area contributed by atoms with Crippen LogP contribution in [0.4, 0.5) is 0 Å². The first kappa shape index (κ1) is 9.07. The van der Waals surface area contributed by atoms with Crippen LogP contribution in [0.3, 0.4) is 0 Å². The molecule has 0 heterocycles. The summed E-state index contributed by atoms with van der Waals surface area (Å²) in [5.74, 6) is 0. The third-order valence-corrected chi connectivity index (χ3v) is 0. The van der Waals surface area contributed by atoms with Crippen LogP contribution in [0.15, 0.2) is 0 Å². The second kappa shape index (κ2) is 8.82. The Morgan fingerprint density at radius 2 is 1.25 bits per heavy atom. The molecule has 0 atom stereocenters. The van der Waals surface area contributed by atoms with E-state index in [0.717, 1.165) is 0 Å². The molecule has 0 fully saturated rings. The van der Waals surface area contributed by atoms with Gasteiger partial charge in [-0.25, -0.2) is 0 Å². The fourth-order valence-electron chi connectivity index (χ4n) is 0. The standard InChI is InChI=1S/CH2Cl2.Zr/c2-1-3;/h1H2;. The summed E-state index contributed by atoms with van der Waals surface area (Å²) in [5, 5.41) is 0.194. The van der Waals surface area contributed by atoms with Crippen LogP contribution in [0.25, 0.3) is 0 Å². The van der Waals surface area contributed by atoms with Crippen molar-refractivity contribution in [3.8, 4) is 0 Å². The van der Waals surface area contributed by atoms with Crippen LogP contribution in [0.1, 0.15) is 0 Å². The molecule has 0 aliphatic carbocycles. The van der Waals surface area contributed by atoms with Crippen molar-refractivity contribution in [2.75, 3.05) is 5.34 Å². The van der Waals surface area contributed by atoms with E-state index in [9.17, 15) is 0 Å². The van der Waals surface area contributed by atoms with Crippen LogP contribution in [0, 0.1) is 0 Å². The van der Waals surface area contributed by atoms with E-state index < -0.39 is 0 Å². The molecule has 0 unspecified atom stereocenters. The van der Waals surface area contributed by atoms with Gasteiger partial charge in [0.25, 0.3) is 0 Å². The van der Waals surface area contributed by atoms with Gasteiger partial charge in [0.1, 0.15) is 0 Å². The smallest absolute Gasteiger partial charge is 0.0967 e. The summed E-state index contributed by atoms with van der Waals surface area (Å²) in [6.07, 6.45) is 0. The molecular weight excluding hydrogens is 174 g/mol. The van der Waals surface area contributed by atoms with Crippen molar-refractivity contribution in [3.63, 3.8) is 0 Å². The third-order valence-electron chi connectivity index (χ3n) is 0. The summed E-state index contributed by atoms with van der Waals surface area (Å²) in [7, 11) is 0. The van der Waals surface area contributed by atoms with Crippen LogP contribution in [-0.2, 0) is 26.2 Å². The van der Waals surface area contributed by atoms with E-state index >= 15 is 0 Å². The zero-order valence-electron chi connectivity index (χ0n) is 1.96. The van der Waals surface area contributed by atoms with E-state index in [1.54, 1.807) is 0 Å². The molecule has 0 saturated carbocycles. The molecule has 0 N–H and O–H groups in total. The van der Waals surface area contributed by atoms with Gasteiger partial charge in [-0.2, -0.15) is 0 Å². The first-order chi connectivity index (χ1) is 1.41. The van der Waals surface area contributed by atoms with Crippen molar-refractivity contribution >= 4 is 23.2 Å². The molecule has 0 bridgehead atoms. The number of alkyl halides is 2. The Morgan fingerprint density at radius 1 is 1.25 bits per heavy atom. The molecular formula is CH2Cl2Zr. The van der Waals surface area contributed by atoms with E-state index in [1.165, 1.54) is 0 Å². The molecule has 24 valence electrons. The summed E-state index contributed by atoms with van der Waals surface area (Å²) >= 11 is 9.53. The van der Waals surface area contributed by atoms with Crippen LogP contribution >= 0.6 is 23.2 Å². The molecule has 0 amide bonds. The SMILES string of the molecule is ClCCl.[Zr]. The second-order valence-electron chi connectivity index (χ2n) is 0.101. The fourth-order valence-corrected chi connectivity index (χ4v) is 0. The van der Waals surface area contributed by atoms with Gasteiger partial charge in [0.05, 0.1) is 5.34 Å². The number of hydrogen-bond donors (Lipinski definition) is 0. The maximum Gasteiger partial charge on any atom is 0.0967 e. The van der Waals surface area contributed by atoms with Crippen molar-refractivity contribution in [1.82, 2.24) is 0 Å². The molecule has 0 radical (unpaired) electrons. The van der Waals surface area contributed by atoms with Crippen LogP contribution in [0.2, 0.25) is 0 Å². The quantitative estimate of drug-likeness (QED) is 0.490. The van der Waals surface area contributed by atoms with E-state index in [4.69, 9.17) is 23.2 Å².